The lowest BCUT2D eigenvalue weighted by Crippen LogP contribution is -2.09. The maximum atomic E-state index is 13.3. The summed E-state index contributed by atoms with van der Waals surface area (Å²) < 4.78 is 24.5. The quantitative estimate of drug-likeness (QED) is 0.475. The fourth-order valence-corrected chi connectivity index (χ4v) is 3.71. The predicted octanol–water partition coefficient (Wildman–Crippen LogP) is 6.67. The molecule has 0 bridgehead atoms. The van der Waals surface area contributed by atoms with Gasteiger partial charge in [-0.3, -0.25) is 5.09 Å². The number of hydrogen-bond donors (Lipinski definition) is 1. The van der Waals surface area contributed by atoms with Crippen LogP contribution in [0.5, 0.6) is 11.5 Å². The average Bonchev–Trinajstić information content (AvgIpc) is 2.60. The highest BCUT2D eigenvalue weighted by Gasteiger charge is 2.29. The molecular weight excluding hydrogens is 380 g/mol. The SMILES string of the molecule is O=P(Nc1ccc(Cl)c(Cl)c1)(Oc1ccccc1)Oc1ccccc1. The molecule has 3 aromatic carbocycles. The highest BCUT2D eigenvalue weighted by Crippen LogP contribution is 2.48. The fraction of sp³-hybridized carbons (Fsp3) is 0. The monoisotopic (exact) mass is 393 g/mol. The van der Waals surface area contributed by atoms with Crippen LogP contribution in [0.2, 0.25) is 10.0 Å². The number of hydrogen-bond acceptors (Lipinski definition) is 3. The molecule has 0 atom stereocenters. The van der Waals surface area contributed by atoms with Crippen molar-refractivity contribution in [1.29, 1.82) is 0 Å². The molecule has 0 heterocycles. The Labute approximate surface area is 155 Å². The first kappa shape index (κ1) is 17.7. The molecule has 0 unspecified atom stereocenters. The normalized spacial score (nSPS) is 11.0. The smallest absolute Gasteiger partial charge is 0.400 e. The van der Waals surface area contributed by atoms with E-state index in [0.29, 0.717) is 27.2 Å². The molecule has 3 rings (SSSR count). The second-order valence-electron chi connectivity index (χ2n) is 5.05. The van der Waals surface area contributed by atoms with Crippen LogP contribution in [0.25, 0.3) is 0 Å². The van der Waals surface area contributed by atoms with Gasteiger partial charge in [-0.25, -0.2) is 4.57 Å². The second kappa shape index (κ2) is 7.83. The van der Waals surface area contributed by atoms with Crippen LogP contribution < -0.4 is 14.1 Å². The molecule has 0 aromatic heterocycles. The third kappa shape index (κ3) is 4.93. The molecule has 0 saturated carbocycles. The zero-order valence-corrected chi connectivity index (χ0v) is 15.3. The van der Waals surface area contributed by atoms with Crippen LogP contribution in [0.1, 0.15) is 0 Å². The summed E-state index contributed by atoms with van der Waals surface area (Å²) in [5.41, 5.74) is 0.463. The molecule has 0 amide bonds. The van der Waals surface area contributed by atoms with Gasteiger partial charge in [-0.05, 0) is 42.5 Å². The maximum absolute atomic E-state index is 13.3. The standard InChI is InChI=1S/C18H14Cl2NO3P/c19-17-12-11-14(13-18(17)20)21-25(22,23-15-7-3-1-4-8-15)24-16-9-5-2-6-10-16/h1-13H,(H,21,22). The molecule has 4 nitrogen and oxygen atoms in total. The van der Waals surface area contributed by atoms with E-state index in [0.717, 1.165) is 0 Å². The second-order valence-corrected chi connectivity index (χ2v) is 7.44. The lowest BCUT2D eigenvalue weighted by atomic mass is 10.3. The van der Waals surface area contributed by atoms with Crippen molar-refractivity contribution in [3.63, 3.8) is 0 Å². The van der Waals surface area contributed by atoms with E-state index in [9.17, 15) is 4.57 Å². The van der Waals surface area contributed by atoms with Crippen molar-refractivity contribution in [2.45, 2.75) is 0 Å². The summed E-state index contributed by atoms with van der Waals surface area (Å²) in [6.07, 6.45) is 0. The minimum absolute atomic E-state index is 0.331. The number of benzene rings is 3. The van der Waals surface area contributed by atoms with E-state index in [-0.39, 0.29) is 0 Å². The van der Waals surface area contributed by atoms with Crippen LogP contribution in [-0.4, -0.2) is 0 Å². The van der Waals surface area contributed by atoms with Crippen molar-refractivity contribution in [2.24, 2.45) is 0 Å². The Kier molecular flexibility index (Phi) is 5.54. The molecule has 0 spiro atoms. The number of halogens is 2. The van der Waals surface area contributed by atoms with Crippen molar-refractivity contribution >= 4 is 36.6 Å². The summed E-state index contributed by atoms with van der Waals surface area (Å²) in [7, 11) is -3.77. The lowest BCUT2D eigenvalue weighted by Gasteiger charge is -2.21. The highest BCUT2D eigenvalue weighted by molar-refractivity contribution is 7.56. The predicted molar refractivity (Wildman–Crippen MR) is 102 cm³/mol. The van der Waals surface area contributed by atoms with Crippen molar-refractivity contribution in [1.82, 2.24) is 0 Å². The Morgan fingerprint density at radius 2 is 1.24 bits per heavy atom. The molecular formula is C18H14Cl2NO3P. The largest absolute Gasteiger partial charge is 0.541 e. The first-order valence-corrected chi connectivity index (χ1v) is 9.67. The summed E-state index contributed by atoms with van der Waals surface area (Å²) in [6.45, 7) is 0. The molecule has 0 aliphatic carbocycles. The number of anilines is 1. The van der Waals surface area contributed by atoms with Crippen LogP contribution in [0.15, 0.2) is 78.9 Å². The van der Waals surface area contributed by atoms with E-state index in [2.05, 4.69) is 5.09 Å². The van der Waals surface area contributed by atoms with Gasteiger partial charge in [0.2, 0.25) is 0 Å². The van der Waals surface area contributed by atoms with Gasteiger partial charge in [-0.2, -0.15) is 0 Å². The fourth-order valence-electron chi connectivity index (χ4n) is 2.03. The molecule has 0 radical (unpaired) electrons. The van der Waals surface area contributed by atoms with E-state index >= 15 is 0 Å². The van der Waals surface area contributed by atoms with E-state index in [1.165, 1.54) is 0 Å². The van der Waals surface area contributed by atoms with E-state index < -0.39 is 7.75 Å². The number of para-hydroxylation sites is 2. The van der Waals surface area contributed by atoms with E-state index in [1.807, 2.05) is 12.1 Å². The van der Waals surface area contributed by atoms with Crippen LogP contribution >= 0.6 is 30.9 Å². The number of nitrogens with one attached hydrogen (secondary N) is 1. The zero-order valence-electron chi connectivity index (χ0n) is 12.9. The Hall–Kier alpha value is -2.13. The molecule has 0 saturated heterocycles. The van der Waals surface area contributed by atoms with Gasteiger partial charge in [0, 0.05) is 5.69 Å². The first-order valence-electron chi connectivity index (χ1n) is 7.37. The van der Waals surface area contributed by atoms with Crippen molar-refractivity contribution in [2.75, 3.05) is 5.09 Å². The van der Waals surface area contributed by atoms with Gasteiger partial charge < -0.3 is 9.05 Å². The molecule has 0 aliphatic rings. The van der Waals surface area contributed by atoms with Crippen molar-refractivity contribution in [3.05, 3.63) is 88.9 Å². The highest BCUT2D eigenvalue weighted by atomic mass is 35.5. The summed E-state index contributed by atoms with van der Waals surface area (Å²) in [5, 5.41) is 3.52. The third-order valence-electron chi connectivity index (χ3n) is 3.12. The van der Waals surface area contributed by atoms with Crippen LogP contribution in [0.4, 0.5) is 5.69 Å². The van der Waals surface area contributed by atoms with Crippen LogP contribution in [0, 0.1) is 0 Å². The van der Waals surface area contributed by atoms with Gasteiger partial charge in [0.15, 0.2) is 0 Å². The van der Waals surface area contributed by atoms with Crippen molar-refractivity contribution in [3.8, 4) is 11.5 Å². The Morgan fingerprint density at radius 1 is 0.720 bits per heavy atom. The van der Waals surface area contributed by atoms with Crippen molar-refractivity contribution < 1.29 is 13.6 Å². The van der Waals surface area contributed by atoms with Gasteiger partial charge in [-0.1, -0.05) is 59.6 Å². The molecule has 0 fully saturated rings. The van der Waals surface area contributed by atoms with Gasteiger partial charge in [0.1, 0.15) is 11.5 Å². The minimum atomic E-state index is -3.77. The van der Waals surface area contributed by atoms with E-state index in [4.69, 9.17) is 32.2 Å². The van der Waals surface area contributed by atoms with Gasteiger partial charge in [-0.15, -0.1) is 0 Å². The first-order chi connectivity index (χ1) is 12.0. The molecule has 7 heteroatoms. The summed E-state index contributed by atoms with van der Waals surface area (Å²) in [5.74, 6) is 0.823. The van der Waals surface area contributed by atoms with Gasteiger partial charge in [0.25, 0.3) is 0 Å². The Morgan fingerprint density at radius 3 is 1.72 bits per heavy atom. The summed E-state index contributed by atoms with van der Waals surface area (Å²) in [4.78, 5) is 0. The summed E-state index contributed by atoms with van der Waals surface area (Å²) in [6, 6.07) is 22.4. The van der Waals surface area contributed by atoms with Crippen LogP contribution in [-0.2, 0) is 4.57 Å². The minimum Gasteiger partial charge on any atom is -0.400 e. The van der Waals surface area contributed by atoms with Gasteiger partial charge >= 0.3 is 7.75 Å². The third-order valence-corrected chi connectivity index (χ3v) is 5.30. The molecule has 25 heavy (non-hydrogen) atoms. The Balaban J connectivity index is 1.90. The molecule has 0 aliphatic heterocycles. The number of rotatable bonds is 6. The van der Waals surface area contributed by atoms with Gasteiger partial charge in [0.05, 0.1) is 10.0 Å². The molecule has 3 aromatic rings. The topological polar surface area (TPSA) is 47.6 Å². The van der Waals surface area contributed by atoms with Crippen LogP contribution in [0.3, 0.4) is 0 Å². The van der Waals surface area contributed by atoms with E-state index in [1.54, 1.807) is 66.7 Å². The zero-order chi connectivity index (χ0) is 17.7. The lowest BCUT2D eigenvalue weighted by molar-refractivity contribution is 0.393. The molecule has 128 valence electrons. The maximum Gasteiger partial charge on any atom is 0.541 e. The molecule has 1 N–H and O–H groups in total. The average molecular weight is 394 g/mol. The Bertz CT molecular complexity index is 846. The summed E-state index contributed by atoms with van der Waals surface area (Å²) >= 11 is 11.9.